The molecule has 4 rings (SSSR count). The maximum atomic E-state index is 12.1. The zero-order chi connectivity index (χ0) is 25.0. The van der Waals surface area contributed by atoms with E-state index in [1.54, 1.807) is 39.5 Å². The van der Waals surface area contributed by atoms with Crippen molar-refractivity contribution in [3.63, 3.8) is 0 Å². The molecule has 2 aromatic carbocycles. The van der Waals surface area contributed by atoms with Crippen LogP contribution in [-0.2, 0) is 10.0 Å². The number of fused-ring (bicyclic) bond motifs is 1. The van der Waals surface area contributed by atoms with Crippen LogP contribution in [0.5, 0.6) is 17.4 Å². The molecular weight excluding hydrogens is 470 g/mol. The lowest BCUT2D eigenvalue weighted by atomic mass is 10.0. The number of benzene rings is 2. The molecule has 0 amide bonds. The van der Waals surface area contributed by atoms with Gasteiger partial charge in [-0.3, -0.25) is 4.72 Å². The Balaban J connectivity index is 1.74. The average molecular weight is 496 g/mol. The standard InChI is InChI=1S/C24H25N5O5S/c1-5-35(30,31)29-20-11-16(13-25-24(20)34-4)15-6-8-19-18(10-15)23(27-14-26-19)28-17-7-9-21(32-2)22(12-17)33-3/h6-14,29H,5H2,1-4H3,(H,26,27,28). The Bertz CT molecular complexity index is 1480. The van der Waals surface area contributed by atoms with Gasteiger partial charge in [-0.1, -0.05) is 6.07 Å². The zero-order valence-electron chi connectivity index (χ0n) is 19.7. The fraction of sp³-hybridized carbons (Fsp3) is 0.208. The molecule has 2 aromatic heterocycles. The molecule has 0 atom stereocenters. The third-order valence-electron chi connectivity index (χ3n) is 5.30. The van der Waals surface area contributed by atoms with Gasteiger partial charge in [0.15, 0.2) is 11.5 Å². The largest absolute Gasteiger partial charge is 0.493 e. The molecule has 0 saturated heterocycles. The van der Waals surface area contributed by atoms with E-state index in [0.29, 0.717) is 22.9 Å². The van der Waals surface area contributed by atoms with Gasteiger partial charge in [0.25, 0.3) is 0 Å². The average Bonchev–Trinajstić information content (AvgIpc) is 2.88. The number of rotatable bonds is 9. The molecule has 0 radical (unpaired) electrons. The maximum absolute atomic E-state index is 12.1. The van der Waals surface area contributed by atoms with Gasteiger partial charge in [0.1, 0.15) is 17.8 Å². The van der Waals surface area contributed by atoms with Crippen LogP contribution in [0.1, 0.15) is 6.92 Å². The summed E-state index contributed by atoms with van der Waals surface area (Å²) in [5, 5.41) is 4.08. The van der Waals surface area contributed by atoms with Crippen LogP contribution in [-0.4, -0.2) is 50.5 Å². The molecule has 0 aliphatic rings. The molecule has 182 valence electrons. The Kier molecular flexibility index (Phi) is 6.87. The van der Waals surface area contributed by atoms with Gasteiger partial charge in [-0.2, -0.15) is 0 Å². The van der Waals surface area contributed by atoms with E-state index in [0.717, 1.165) is 22.2 Å². The fourth-order valence-electron chi connectivity index (χ4n) is 3.47. The van der Waals surface area contributed by atoms with E-state index < -0.39 is 10.0 Å². The van der Waals surface area contributed by atoms with Crippen molar-refractivity contribution in [3.8, 4) is 28.5 Å². The molecule has 0 aliphatic heterocycles. The fourth-order valence-corrected chi connectivity index (χ4v) is 4.10. The molecule has 0 spiro atoms. The Morgan fingerprint density at radius 1 is 0.857 bits per heavy atom. The van der Waals surface area contributed by atoms with Gasteiger partial charge in [-0.25, -0.2) is 23.4 Å². The molecule has 35 heavy (non-hydrogen) atoms. The van der Waals surface area contributed by atoms with Gasteiger partial charge in [0.2, 0.25) is 15.9 Å². The number of methoxy groups -OCH3 is 3. The highest BCUT2D eigenvalue weighted by Crippen LogP contribution is 2.34. The number of hydrogen-bond acceptors (Lipinski definition) is 9. The van der Waals surface area contributed by atoms with Gasteiger partial charge in [-0.05, 0) is 42.8 Å². The minimum absolute atomic E-state index is 0.0706. The van der Waals surface area contributed by atoms with E-state index in [9.17, 15) is 8.42 Å². The van der Waals surface area contributed by atoms with Crippen molar-refractivity contribution in [2.24, 2.45) is 0 Å². The topological polar surface area (TPSA) is 125 Å². The van der Waals surface area contributed by atoms with Crippen LogP contribution in [0.15, 0.2) is 55.0 Å². The SMILES string of the molecule is CCS(=O)(=O)Nc1cc(-c2ccc3ncnc(Nc4ccc(OC)c(OC)c4)c3c2)cnc1OC. The number of sulfonamides is 1. The normalized spacial score (nSPS) is 11.2. The lowest BCUT2D eigenvalue weighted by Crippen LogP contribution is -2.15. The second-order valence-electron chi connectivity index (χ2n) is 7.44. The second-order valence-corrected chi connectivity index (χ2v) is 9.45. The van der Waals surface area contributed by atoms with E-state index >= 15 is 0 Å². The summed E-state index contributed by atoms with van der Waals surface area (Å²) >= 11 is 0. The van der Waals surface area contributed by atoms with Crippen LogP contribution in [0.2, 0.25) is 0 Å². The van der Waals surface area contributed by atoms with Gasteiger partial charge >= 0.3 is 0 Å². The van der Waals surface area contributed by atoms with Crippen LogP contribution < -0.4 is 24.2 Å². The van der Waals surface area contributed by atoms with E-state index in [1.807, 2.05) is 30.3 Å². The molecule has 0 fully saturated rings. The lowest BCUT2D eigenvalue weighted by molar-refractivity contribution is 0.355. The number of hydrogen-bond donors (Lipinski definition) is 2. The second kappa shape index (κ2) is 10.0. The highest BCUT2D eigenvalue weighted by molar-refractivity contribution is 7.92. The van der Waals surface area contributed by atoms with Crippen LogP contribution in [0.25, 0.3) is 22.0 Å². The Morgan fingerprint density at radius 2 is 1.66 bits per heavy atom. The van der Waals surface area contributed by atoms with Gasteiger partial charge < -0.3 is 19.5 Å². The Morgan fingerprint density at radius 3 is 2.37 bits per heavy atom. The molecule has 0 unspecified atom stereocenters. The highest BCUT2D eigenvalue weighted by Gasteiger charge is 2.15. The third kappa shape index (κ3) is 5.19. The summed E-state index contributed by atoms with van der Waals surface area (Å²) in [5.74, 6) is 1.92. The predicted molar refractivity (Wildman–Crippen MR) is 135 cm³/mol. The molecule has 4 aromatic rings. The van der Waals surface area contributed by atoms with Gasteiger partial charge in [0, 0.05) is 28.9 Å². The molecule has 11 heteroatoms. The number of pyridine rings is 1. The van der Waals surface area contributed by atoms with E-state index in [4.69, 9.17) is 14.2 Å². The maximum Gasteiger partial charge on any atom is 0.238 e. The predicted octanol–water partition coefficient (Wildman–Crippen LogP) is 4.22. The number of ether oxygens (including phenoxy) is 3. The number of aromatic nitrogens is 3. The van der Waals surface area contributed by atoms with Crippen molar-refractivity contribution in [2.45, 2.75) is 6.92 Å². The number of nitrogens with one attached hydrogen (secondary N) is 2. The first-order valence-corrected chi connectivity index (χ1v) is 12.3. The number of nitrogens with zero attached hydrogens (tertiary/aromatic N) is 3. The van der Waals surface area contributed by atoms with Crippen molar-refractivity contribution >= 4 is 38.1 Å². The number of anilines is 3. The lowest BCUT2D eigenvalue weighted by Gasteiger charge is -2.14. The summed E-state index contributed by atoms with van der Waals surface area (Å²) in [7, 11) is 1.08. The summed E-state index contributed by atoms with van der Waals surface area (Å²) in [6.45, 7) is 1.56. The molecule has 0 bridgehead atoms. The first-order valence-electron chi connectivity index (χ1n) is 10.7. The third-order valence-corrected chi connectivity index (χ3v) is 6.60. The van der Waals surface area contributed by atoms with Crippen molar-refractivity contribution < 1.29 is 22.6 Å². The smallest absolute Gasteiger partial charge is 0.238 e. The van der Waals surface area contributed by atoms with Crippen LogP contribution >= 0.6 is 0 Å². The van der Waals surface area contributed by atoms with Crippen molar-refractivity contribution in [1.82, 2.24) is 15.0 Å². The van der Waals surface area contributed by atoms with Crippen LogP contribution in [0.4, 0.5) is 17.2 Å². The first kappa shape index (κ1) is 24.0. The van der Waals surface area contributed by atoms with E-state index in [2.05, 4.69) is 25.0 Å². The van der Waals surface area contributed by atoms with Crippen molar-refractivity contribution in [2.75, 3.05) is 37.1 Å². The molecule has 2 heterocycles. The monoisotopic (exact) mass is 495 g/mol. The molecule has 0 saturated carbocycles. The minimum Gasteiger partial charge on any atom is -0.493 e. The summed E-state index contributed by atoms with van der Waals surface area (Å²) in [5.41, 5.74) is 3.26. The molecular formula is C24H25N5O5S. The Hall–Kier alpha value is -4.12. The van der Waals surface area contributed by atoms with Crippen LogP contribution in [0.3, 0.4) is 0 Å². The zero-order valence-corrected chi connectivity index (χ0v) is 20.5. The highest BCUT2D eigenvalue weighted by atomic mass is 32.2. The molecule has 0 aliphatic carbocycles. The van der Waals surface area contributed by atoms with Crippen molar-refractivity contribution in [1.29, 1.82) is 0 Å². The first-order chi connectivity index (χ1) is 16.9. The Labute approximate surface area is 203 Å². The summed E-state index contributed by atoms with van der Waals surface area (Å²) in [6, 6.07) is 12.8. The van der Waals surface area contributed by atoms with Crippen LogP contribution in [0, 0.1) is 0 Å². The van der Waals surface area contributed by atoms with Crippen molar-refractivity contribution in [3.05, 3.63) is 55.0 Å². The summed E-state index contributed by atoms with van der Waals surface area (Å²) in [4.78, 5) is 13.1. The summed E-state index contributed by atoms with van der Waals surface area (Å²) < 4.78 is 42.7. The minimum atomic E-state index is -3.51. The van der Waals surface area contributed by atoms with E-state index in [1.165, 1.54) is 13.4 Å². The quantitative estimate of drug-likeness (QED) is 0.351. The molecule has 2 N–H and O–H groups in total. The summed E-state index contributed by atoms with van der Waals surface area (Å²) in [6.07, 6.45) is 3.10. The van der Waals surface area contributed by atoms with E-state index in [-0.39, 0.29) is 17.3 Å². The van der Waals surface area contributed by atoms with Gasteiger partial charge in [-0.15, -0.1) is 0 Å². The molecule has 10 nitrogen and oxygen atoms in total. The van der Waals surface area contributed by atoms with Gasteiger partial charge in [0.05, 0.1) is 32.6 Å².